The number of aromatic nitrogens is 1. The Kier molecular flexibility index (Phi) is 5.24. The van der Waals surface area contributed by atoms with Crippen LogP contribution in [0.2, 0.25) is 0 Å². The maximum atomic E-state index is 8.81. The van der Waals surface area contributed by atoms with Crippen LogP contribution in [0.25, 0.3) is 0 Å². The van der Waals surface area contributed by atoms with Gasteiger partial charge in [0.05, 0.1) is 5.56 Å². The molecule has 0 radical (unpaired) electrons. The van der Waals surface area contributed by atoms with Crippen LogP contribution < -0.4 is 10.5 Å². The number of nitrogens with two attached hydrogens (primary N) is 1. The standard InChI is InChI=1S/C12H18N4O/c1-3-16(4-2)7-8-17-12-11(14)10(9-13)5-6-15-12/h5-6H,3-4,7-8,14H2,1-2H3. The van der Waals surface area contributed by atoms with Gasteiger partial charge < -0.3 is 15.4 Å². The van der Waals surface area contributed by atoms with E-state index in [9.17, 15) is 0 Å². The van der Waals surface area contributed by atoms with Crippen molar-refractivity contribution in [3.8, 4) is 11.9 Å². The zero-order valence-electron chi connectivity index (χ0n) is 10.3. The Morgan fingerprint density at radius 3 is 2.76 bits per heavy atom. The summed E-state index contributed by atoms with van der Waals surface area (Å²) in [5, 5.41) is 8.81. The lowest BCUT2D eigenvalue weighted by Gasteiger charge is -2.18. The maximum absolute atomic E-state index is 8.81. The highest BCUT2D eigenvalue weighted by Crippen LogP contribution is 2.21. The second-order valence-electron chi connectivity index (χ2n) is 3.56. The van der Waals surface area contributed by atoms with Crippen molar-refractivity contribution in [1.82, 2.24) is 9.88 Å². The molecule has 1 aromatic rings. The van der Waals surface area contributed by atoms with Gasteiger partial charge in [-0.2, -0.15) is 5.26 Å². The first-order valence-corrected chi connectivity index (χ1v) is 5.72. The van der Waals surface area contributed by atoms with E-state index in [4.69, 9.17) is 15.7 Å². The van der Waals surface area contributed by atoms with E-state index < -0.39 is 0 Å². The lowest BCUT2D eigenvalue weighted by atomic mass is 10.2. The van der Waals surface area contributed by atoms with Gasteiger partial charge in [-0.3, -0.25) is 0 Å². The van der Waals surface area contributed by atoms with Crippen molar-refractivity contribution in [1.29, 1.82) is 5.26 Å². The molecule has 17 heavy (non-hydrogen) atoms. The summed E-state index contributed by atoms with van der Waals surface area (Å²) in [5.74, 6) is 0.344. The van der Waals surface area contributed by atoms with Gasteiger partial charge in [-0.15, -0.1) is 0 Å². The molecule has 92 valence electrons. The topological polar surface area (TPSA) is 75.2 Å². The molecule has 1 heterocycles. The van der Waals surface area contributed by atoms with Crippen molar-refractivity contribution >= 4 is 5.69 Å². The summed E-state index contributed by atoms with van der Waals surface area (Å²) in [6.07, 6.45) is 1.53. The Balaban J connectivity index is 2.55. The van der Waals surface area contributed by atoms with Crippen LogP contribution in [0.1, 0.15) is 19.4 Å². The van der Waals surface area contributed by atoms with E-state index in [1.807, 2.05) is 6.07 Å². The summed E-state index contributed by atoms with van der Waals surface area (Å²) in [5.41, 5.74) is 6.47. The highest BCUT2D eigenvalue weighted by molar-refractivity contribution is 5.59. The average molecular weight is 234 g/mol. The number of nitriles is 1. The fourth-order valence-corrected chi connectivity index (χ4v) is 1.48. The van der Waals surface area contributed by atoms with Gasteiger partial charge in [-0.1, -0.05) is 13.8 Å². The second-order valence-corrected chi connectivity index (χ2v) is 3.56. The number of hydrogen-bond donors (Lipinski definition) is 1. The van der Waals surface area contributed by atoms with Gasteiger partial charge in [0, 0.05) is 12.7 Å². The Morgan fingerprint density at radius 1 is 1.47 bits per heavy atom. The minimum atomic E-state index is 0.314. The molecule has 0 aromatic carbocycles. The molecule has 0 atom stereocenters. The quantitative estimate of drug-likeness (QED) is 0.802. The number of pyridine rings is 1. The number of ether oxygens (including phenoxy) is 1. The van der Waals surface area contributed by atoms with Crippen LogP contribution in [0.3, 0.4) is 0 Å². The molecule has 2 N–H and O–H groups in total. The third-order valence-corrected chi connectivity index (χ3v) is 2.61. The fraction of sp³-hybridized carbons (Fsp3) is 0.500. The first-order valence-electron chi connectivity index (χ1n) is 5.72. The van der Waals surface area contributed by atoms with E-state index in [0.717, 1.165) is 19.6 Å². The molecule has 0 aliphatic rings. The van der Waals surface area contributed by atoms with Gasteiger partial charge >= 0.3 is 0 Å². The molecule has 0 saturated heterocycles. The molecular weight excluding hydrogens is 216 g/mol. The highest BCUT2D eigenvalue weighted by Gasteiger charge is 2.07. The lowest BCUT2D eigenvalue weighted by molar-refractivity contribution is 0.218. The third kappa shape index (κ3) is 3.61. The van der Waals surface area contributed by atoms with E-state index in [0.29, 0.717) is 23.7 Å². The Labute approximate surface area is 102 Å². The van der Waals surface area contributed by atoms with Crippen molar-refractivity contribution in [2.24, 2.45) is 0 Å². The number of likely N-dealkylation sites (N-methyl/N-ethyl adjacent to an activating group) is 1. The largest absolute Gasteiger partial charge is 0.475 e. The zero-order valence-corrected chi connectivity index (χ0v) is 10.3. The Morgan fingerprint density at radius 2 is 2.18 bits per heavy atom. The summed E-state index contributed by atoms with van der Waals surface area (Å²) in [7, 11) is 0. The monoisotopic (exact) mass is 234 g/mol. The molecule has 0 saturated carbocycles. The minimum Gasteiger partial charge on any atom is -0.475 e. The molecule has 0 unspecified atom stereocenters. The van der Waals surface area contributed by atoms with Crippen molar-refractivity contribution in [2.45, 2.75) is 13.8 Å². The molecule has 5 nitrogen and oxygen atoms in total. The number of nitrogens with zero attached hydrogens (tertiary/aromatic N) is 3. The van der Waals surface area contributed by atoms with E-state index in [1.165, 1.54) is 6.20 Å². The summed E-state index contributed by atoms with van der Waals surface area (Å²) in [4.78, 5) is 6.26. The Bertz CT molecular complexity index is 396. The molecule has 0 fully saturated rings. The summed E-state index contributed by atoms with van der Waals surface area (Å²) >= 11 is 0. The van der Waals surface area contributed by atoms with Crippen LogP contribution in [-0.4, -0.2) is 36.1 Å². The van der Waals surface area contributed by atoms with E-state index in [1.54, 1.807) is 6.07 Å². The Hall–Kier alpha value is -1.80. The van der Waals surface area contributed by atoms with Gasteiger partial charge in [-0.05, 0) is 19.2 Å². The van der Waals surface area contributed by atoms with E-state index in [-0.39, 0.29) is 0 Å². The predicted molar refractivity (Wildman–Crippen MR) is 66.6 cm³/mol. The van der Waals surface area contributed by atoms with Crippen molar-refractivity contribution in [3.63, 3.8) is 0 Å². The fourth-order valence-electron chi connectivity index (χ4n) is 1.48. The van der Waals surface area contributed by atoms with Gasteiger partial charge in [0.2, 0.25) is 5.88 Å². The number of nitrogen functional groups attached to an aromatic ring is 1. The first-order chi connectivity index (χ1) is 8.22. The number of anilines is 1. The molecule has 0 amide bonds. The van der Waals surface area contributed by atoms with Crippen LogP contribution >= 0.6 is 0 Å². The van der Waals surface area contributed by atoms with E-state index in [2.05, 4.69) is 23.7 Å². The van der Waals surface area contributed by atoms with Crippen LogP contribution in [0.4, 0.5) is 5.69 Å². The number of rotatable bonds is 6. The van der Waals surface area contributed by atoms with Crippen LogP contribution in [0, 0.1) is 11.3 Å². The molecular formula is C12H18N4O. The van der Waals surface area contributed by atoms with Crippen molar-refractivity contribution < 1.29 is 4.74 Å². The van der Waals surface area contributed by atoms with Crippen molar-refractivity contribution in [2.75, 3.05) is 32.0 Å². The normalized spacial score (nSPS) is 10.2. The average Bonchev–Trinajstić information content (AvgIpc) is 2.36. The predicted octanol–water partition coefficient (Wildman–Crippen LogP) is 1.26. The van der Waals surface area contributed by atoms with Crippen molar-refractivity contribution in [3.05, 3.63) is 17.8 Å². The first kappa shape index (κ1) is 13.3. The number of hydrogen-bond acceptors (Lipinski definition) is 5. The zero-order chi connectivity index (χ0) is 12.7. The molecule has 0 bridgehead atoms. The van der Waals surface area contributed by atoms with Gasteiger partial charge in [0.1, 0.15) is 18.4 Å². The molecule has 0 spiro atoms. The molecule has 0 aliphatic carbocycles. The molecule has 1 aromatic heterocycles. The van der Waals surface area contributed by atoms with Gasteiger partial charge in [-0.25, -0.2) is 4.98 Å². The molecule has 0 aliphatic heterocycles. The maximum Gasteiger partial charge on any atom is 0.238 e. The van der Waals surface area contributed by atoms with Gasteiger partial charge in [0.25, 0.3) is 0 Å². The van der Waals surface area contributed by atoms with E-state index >= 15 is 0 Å². The van der Waals surface area contributed by atoms with Crippen LogP contribution in [0.15, 0.2) is 12.3 Å². The SMILES string of the molecule is CCN(CC)CCOc1nccc(C#N)c1N. The summed E-state index contributed by atoms with van der Waals surface area (Å²) in [6, 6.07) is 3.58. The summed E-state index contributed by atoms with van der Waals surface area (Å²) in [6.45, 7) is 7.53. The smallest absolute Gasteiger partial charge is 0.238 e. The third-order valence-electron chi connectivity index (χ3n) is 2.61. The summed E-state index contributed by atoms with van der Waals surface area (Å²) < 4.78 is 5.48. The van der Waals surface area contributed by atoms with Gasteiger partial charge in [0.15, 0.2) is 0 Å². The molecule has 5 heteroatoms. The second kappa shape index (κ2) is 6.71. The lowest BCUT2D eigenvalue weighted by Crippen LogP contribution is -2.28. The molecule has 1 rings (SSSR count). The van der Waals surface area contributed by atoms with Crippen LogP contribution in [0.5, 0.6) is 5.88 Å². The van der Waals surface area contributed by atoms with Crippen LogP contribution in [-0.2, 0) is 0 Å². The minimum absolute atomic E-state index is 0.314. The highest BCUT2D eigenvalue weighted by atomic mass is 16.5.